The summed E-state index contributed by atoms with van der Waals surface area (Å²) in [6.07, 6.45) is 3.63. The summed E-state index contributed by atoms with van der Waals surface area (Å²) in [7, 11) is 1.97. The Hall–Kier alpha value is -0.240. The highest BCUT2D eigenvalue weighted by molar-refractivity contribution is 4.60. The van der Waals surface area contributed by atoms with Crippen molar-refractivity contribution in [2.24, 2.45) is 5.73 Å². The van der Waals surface area contributed by atoms with Gasteiger partial charge in [-0.2, -0.15) is 0 Å². The number of rotatable bonds is 14. The van der Waals surface area contributed by atoms with E-state index in [1.807, 2.05) is 20.9 Å². The number of nitrogens with one attached hydrogen (secondary N) is 2. The molecule has 6 nitrogen and oxygen atoms in total. The SMILES string of the molecule is CC.CNCCCCCCNCC(O)COCC(O)CN. The van der Waals surface area contributed by atoms with Gasteiger partial charge in [-0.1, -0.05) is 26.7 Å². The zero-order chi connectivity index (χ0) is 16.3. The van der Waals surface area contributed by atoms with Crippen molar-refractivity contribution >= 4 is 0 Å². The first-order chi connectivity index (χ1) is 10.2. The second-order valence-electron chi connectivity index (χ2n) is 4.80. The zero-order valence-electron chi connectivity index (χ0n) is 14.1. The predicted octanol–water partition coefficient (Wildman–Crippen LogP) is 0.0791. The number of aliphatic hydroxyl groups is 2. The monoisotopic (exact) mass is 307 g/mol. The first-order valence-corrected chi connectivity index (χ1v) is 8.20. The van der Waals surface area contributed by atoms with Crippen molar-refractivity contribution in [1.82, 2.24) is 10.6 Å². The summed E-state index contributed by atoms with van der Waals surface area (Å²) in [4.78, 5) is 0. The lowest BCUT2D eigenvalue weighted by Crippen LogP contribution is -2.33. The molecule has 0 amide bonds. The zero-order valence-corrected chi connectivity index (χ0v) is 14.1. The molecule has 0 radical (unpaired) electrons. The molecule has 21 heavy (non-hydrogen) atoms. The molecule has 0 aromatic carbocycles. The number of hydrogen-bond donors (Lipinski definition) is 5. The van der Waals surface area contributed by atoms with Crippen LogP contribution in [0, 0.1) is 0 Å². The summed E-state index contributed by atoms with van der Waals surface area (Å²) in [5.74, 6) is 0. The third-order valence-electron chi connectivity index (χ3n) is 2.80. The molecule has 0 aliphatic carbocycles. The number of unbranched alkanes of at least 4 members (excludes halogenated alkanes) is 3. The number of nitrogens with two attached hydrogens (primary N) is 1. The normalized spacial score (nSPS) is 13.4. The fraction of sp³-hybridized carbons (Fsp3) is 1.00. The maximum Gasteiger partial charge on any atom is 0.0897 e. The van der Waals surface area contributed by atoms with Crippen LogP contribution in [0.2, 0.25) is 0 Å². The summed E-state index contributed by atoms with van der Waals surface area (Å²) in [6, 6.07) is 0. The van der Waals surface area contributed by atoms with Crippen LogP contribution in [0.4, 0.5) is 0 Å². The molecule has 0 aromatic rings. The maximum atomic E-state index is 9.60. The van der Waals surface area contributed by atoms with Gasteiger partial charge in [0.15, 0.2) is 0 Å². The van der Waals surface area contributed by atoms with E-state index in [0.717, 1.165) is 19.5 Å². The quantitative estimate of drug-likeness (QED) is 0.291. The maximum absolute atomic E-state index is 9.60. The number of hydrogen-bond acceptors (Lipinski definition) is 6. The fourth-order valence-electron chi connectivity index (χ4n) is 1.64. The summed E-state index contributed by atoms with van der Waals surface area (Å²) in [5, 5.41) is 25.1. The van der Waals surface area contributed by atoms with E-state index in [0.29, 0.717) is 6.54 Å². The Labute approximate surface area is 130 Å². The lowest BCUT2D eigenvalue weighted by molar-refractivity contribution is -0.00403. The molecule has 0 fully saturated rings. The van der Waals surface area contributed by atoms with Crippen LogP contribution in [0.15, 0.2) is 0 Å². The molecule has 0 heterocycles. The van der Waals surface area contributed by atoms with Gasteiger partial charge in [0.1, 0.15) is 0 Å². The van der Waals surface area contributed by atoms with Crippen LogP contribution in [-0.2, 0) is 4.74 Å². The van der Waals surface area contributed by atoms with Crippen LogP contribution in [0.3, 0.4) is 0 Å². The Bertz CT molecular complexity index is 186. The molecule has 0 saturated carbocycles. The smallest absolute Gasteiger partial charge is 0.0897 e. The molecular weight excluding hydrogens is 270 g/mol. The Morgan fingerprint density at radius 1 is 0.952 bits per heavy atom. The third-order valence-corrected chi connectivity index (χ3v) is 2.80. The van der Waals surface area contributed by atoms with Gasteiger partial charge >= 0.3 is 0 Å². The van der Waals surface area contributed by atoms with Gasteiger partial charge < -0.3 is 31.3 Å². The summed E-state index contributed by atoms with van der Waals surface area (Å²) in [6.45, 7) is 7.11. The van der Waals surface area contributed by atoms with Crippen molar-refractivity contribution < 1.29 is 14.9 Å². The summed E-state index contributed by atoms with van der Waals surface area (Å²) >= 11 is 0. The van der Waals surface area contributed by atoms with Crippen molar-refractivity contribution in [2.45, 2.75) is 51.7 Å². The average molecular weight is 307 g/mol. The topological polar surface area (TPSA) is 99.8 Å². The average Bonchev–Trinajstić information content (AvgIpc) is 2.51. The van der Waals surface area contributed by atoms with Gasteiger partial charge in [0, 0.05) is 13.1 Å². The molecule has 0 aromatic heterocycles. The Kier molecular flexibility index (Phi) is 21.7. The molecule has 130 valence electrons. The highest BCUT2D eigenvalue weighted by atomic mass is 16.5. The van der Waals surface area contributed by atoms with Crippen molar-refractivity contribution in [3.05, 3.63) is 0 Å². The van der Waals surface area contributed by atoms with E-state index in [1.165, 1.54) is 19.3 Å². The highest BCUT2D eigenvalue weighted by Crippen LogP contribution is 1.97. The van der Waals surface area contributed by atoms with Crippen molar-refractivity contribution in [3.63, 3.8) is 0 Å². The molecule has 0 aliphatic heterocycles. The van der Waals surface area contributed by atoms with Gasteiger partial charge in [0.2, 0.25) is 0 Å². The highest BCUT2D eigenvalue weighted by Gasteiger charge is 2.06. The van der Waals surface area contributed by atoms with Crippen LogP contribution in [-0.4, -0.2) is 68.9 Å². The molecule has 0 spiro atoms. The first-order valence-electron chi connectivity index (χ1n) is 8.20. The minimum absolute atomic E-state index is 0.180. The number of aliphatic hydroxyl groups excluding tert-OH is 2. The molecule has 2 unspecified atom stereocenters. The second-order valence-corrected chi connectivity index (χ2v) is 4.80. The van der Waals surface area contributed by atoms with Crippen molar-refractivity contribution in [1.29, 1.82) is 0 Å². The summed E-state index contributed by atoms with van der Waals surface area (Å²) < 4.78 is 5.14. The van der Waals surface area contributed by atoms with E-state index in [4.69, 9.17) is 15.6 Å². The molecule has 0 bridgehead atoms. The van der Waals surface area contributed by atoms with Crippen LogP contribution < -0.4 is 16.4 Å². The van der Waals surface area contributed by atoms with Gasteiger partial charge in [-0.15, -0.1) is 0 Å². The molecule has 0 saturated heterocycles. The summed E-state index contributed by atoms with van der Waals surface area (Å²) in [5.41, 5.74) is 5.24. The van der Waals surface area contributed by atoms with E-state index in [9.17, 15) is 5.11 Å². The van der Waals surface area contributed by atoms with E-state index < -0.39 is 12.2 Å². The Balaban J connectivity index is 0. The van der Waals surface area contributed by atoms with Crippen LogP contribution in [0.1, 0.15) is 39.5 Å². The number of ether oxygens (including phenoxy) is 1. The van der Waals surface area contributed by atoms with Gasteiger partial charge in [-0.05, 0) is 33.0 Å². The molecule has 6 N–H and O–H groups in total. The van der Waals surface area contributed by atoms with E-state index in [1.54, 1.807) is 0 Å². The van der Waals surface area contributed by atoms with E-state index in [-0.39, 0.29) is 19.8 Å². The van der Waals surface area contributed by atoms with Crippen LogP contribution in [0.5, 0.6) is 0 Å². The minimum Gasteiger partial charge on any atom is -0.389 e. The lowest BCUT2D eigenvalue weighted by atomic mass is 10.2. The van der Waals surface area contributed by atoms with Gasteiger partial charge in [0.05, 0.1) is 25.4 Å². The molecular formula is C15H37N3O3. The van der Waals surface area contributed by atoms with Gasteiger partial charge in [-0.25, -0.2) is 0 Å². The molecule has 0 aliphatic rings. The van der Waals surface area contributed by atoms with E-state index in [2.05, 4.69) is 10.6 Å². The molecule has 2 atom stereocenters. The Morgan fingerprint density at radius 3 is 2.10 bits per heavy atom. The van der Waals surface area contributed by atoms with Crippen LogP contribution >= 0.6 is 0 Å². The van der Waals surface area contributed by atoms with Crippen molar-refractivity contribution in [3.8, 4) is 0 Å². The standard InChI is InChI=1S/C13H31N3O3.C2H6/c1-15-6-4-2-3-5-7-16-9-13(18)11-19-10-12(17)8-14;1-2/h12-13,15-18H,2-11,14H2,1H3;1-2H3. The second kappa shape index (κ2) is 19.8. The third kappa shape index (κ3) is 19.8. The fourth-order valence-corrected chi connectivity index (χ4v) is 1.64. The first kappa shape index (κ1) is 23.0. The van der Waals surface area contributed by atoms with E-state index >= 15 is 0 Å². The van der Waals surface area contributed by atoms with Crippen molar-refractivity contribution in [2.75, 3.05) is 46.4 Å². The lowest BCUT2D eigenvalue weighted by Gasteiger charge is -2.14. The minimum atomic E-state index is -0.641. The largest absolute Gasteiger partial charge is 0.389 e. The molecule has 0 rings (SSSR count). The predicted molar refractivity (Wildman–Crippen MR) is 88.5 cm³/mol. The van der Waals surface area contributed by atoms with Gasteiger partial charge in [0.25, 0.3) is 0 Å². The Morgan fingerprint density at radius 2 is 1.52 bits per heavy atom. The van der Waals surface area contributed by atoms with Gasteiger partial charge in [-0.3, -0.25) is 0 Å². The van der Waals surface area contributed by atoms with Crippen LogP contribution in [0.25, 0.3) is 0 Å². The molecule has 6 heteroatoms.